The summed E-state index contributed by atoms with van der Waals surface area (Å²) in [7, 11) is 0. The van der Waals surface area contributed by atoms with Crippen LogP contribution in [-0.2, 0) is 4.79 Å². The number of carboxylic acid groups (broad SMARTS) is 1. The van der Waals surface area contributed by atoms with Crippen LogP contribution < -0.4 is 0 Å². The fourth-order valence-electron chi connectivity index (χ4n) is 2.55. The number of aliphatic hydroxyl groups excluding tert-OH is 1. The van der Waals surface area contributed by atoms with E-state index in [1.165, 1.54) is 16.2 Å². The number of aliphatic hydroxyl groups is 1. The molecule has 1 aromatic carbocycles. The van der Waals surface area contributed by atoms with Gasteiger partial charge in [-0.3, -0.25) is 4.79 Å². The van der Waals surface area contributed by atoms with Crippen molar-refractivity contribution in [2.45, 2.75) is 18.6 Å². The normalized spacial score (nSPS) is 21.9. The van der Waals surface area contributed by atoms with E-state index in [9.17, 15) is 19.8 Å². The van der Waals surface area contributed by atoms with Crippen LogP contribution in [0.4, 0.5) is 0 Å². The lowest BCUT2D eigenvalue weighted by atomic mass is 10.2. The molecule has 2 unspecified atom stereocenters. The van der Waals surface area contributed by atoms with Crippen LogP contribution in [0.2, 0.25) is 5.02 Å². The molecule has 21 heavy (non-hydrogen) atoms. The molecule has 1 saturated heterocycles. The third kappa shape index (κ3) is 2.39. The van der Waals surface area contributed by atoms with E-state index in [-0.39, 0.29) is 13.0 Å². The summed E-state index contributed by atoms with van der Waals surface area (Å²) in [5.74, 6) is -1.55. The fraction of sp³-hybridized carbons (Fsp3) is 0.286. The smallest absolute Gasteiger partial charge is 0.326 e. The van der Waals surface area contributed by atoms with Crippen LogP contribution in [0.1, 0.15) is 16.1 Å². The largest absolute Gasteiger partial charge is 0.480 e. The van der Waals surface area contributed by atoms with Crippen molar-refractivity contribution >= 4 is 44.9 Å². The molecule has 2 heterocycles. The van der Waals surface area contributed by atoms with Gasteiger partial charge in [0.05, 0.1) is 11.1 Å². The zero-order chi connectivity index (χ0) is 15.1. The van der Waals surface area contributed by atoms with Gasteiger partial charge in [-0.15, -0.1) is 11.3 Å². The predicted molar refractivity (Wildman–Crippen MR) is 79.9 cm³/mol. The van der Waals surface area contributed by atoms with Gasteiger partial charge in [-0.1, -0.05) is 29.8 Å². The first-order valence-corrected chi connectivity index (χ1v) is 7.57. The zero-order valence-corrected chi connectivity index (χ0v) is 12.4. The first kappa shape index (κ1) is 14.3. The van der Waals surface area contributed by atoms with E-state index in [2.05, 4.69) is 0 Å². The van der Waals surface area contributed by atoms with Crippen molar-refractivity contribution < 1.29 is 19.8 Å². The highest BCUT2D eigenvalue weighted by Crippen LogP contribution is 2.37. The molecule has 2 aromatic rings. The number of rotatable bonds is 2. The fourth-order valence-corrected chi connectivity index (χ4v) is 4.02. The lowest BCUT2D eigenvalue weighted by Gasteiger charge is -2.20. The van der Waals surface area contributed by atoms with Crippen LogP contribution in [0.5, 0.6) is 0 Å². The summed E-state index contributed by atoms with van der Waals surface area (Å²) in [5.41, 5.74) is 0. The first-order valence-electron chi connectivity index (χ1n) is 6.38. The minimum absolute atomic E-state index is 0.0143. The molecule has 1 aromatic heterocycles. The molecule has 0 spiro atoms. The van der Waals surface area contributed by atoms with Gasteiger partial charge in [0.25, 0.3) is 5.91 Å². The van der Waals surface area contributed by atoms with E-state index >= 15 is 0 Å². The lowest BCUT2D eigenvalue weighted by Crippen LogP contribution is -2.40. The van der Waals surface area contributed by atoms with Crippen LogP contribution in [0.15, 0.2) is 24.3 Å². The highest BCUT2D eigenvalue weighted by Gasteiger charge is 2.40. The van der Waals surface area contributed by atoms with Crippen LogP contribution in [0, 0.1) is 0 Å². The number of carbonyl (C=O) groups excluding carboxylic acids is 1. The number of aliphatic carboxylic acids is 1. The number of nitrogens with zero attached hydrogens (tertiary/aromatic N) is 1. The molecule has 2 N–H and O–H groups in total. The molecule has 1 amide bonds. The van der Waals surface area contributed by atoms with Crippen LogP contribution in [-0.4, -0.2) is 45.7 Å². The number of benzene rings is 1. The number of β-amino-alcohol motifs (C(OH)–C–C–N with tert-alkyl or cyclic N) is 1. The van der Waals surface area contributed by atoms with Gasteiger partial charge in [-0.25, -0.2) is 4.79 Å². The molecule has 7 heteroatoms. The van der Waals surface area contributed by atoms with Gasteiger partial charge in [0.15, 0.2) is 0 Å². The Bertz CT molecular complexity index is 729. The van der Waals surface area contributed by atoms with Crippen LogP contribution in [0.25, 0.3) is 10.1 Å². The van der Waals surface area contributed by atoms with Crippen LogP contribution in [0.3, 0.4) is 0 Å². The standard InChI is InChI=1S/C14H12ClNO4S/c15-11-8-3-1-2-4-10(8)21-12(11)13(18)16-6-7(17)5-9(16)14(19)20/h1-4,7,9,17H,5-6H2,(H,19,20). The van der Waals surface area contributed by atoms with Crippen molar-refractivity contribution in [1.29, 1.82) is 0 Å². The number of carboxylic acids is 1. The molecule has 1 aliphatic rings. The minimum atomic E-state index is -1.11. The number of halogens is 1. The van der Waals surface area contributed by atoms with E-state index < -0.39 is 24.0 Å². The summed E-state index contributed by atoms with van der Waals surface area (Å²) in [6, 6.07) is 6.35. The molecule has 110 valence electrons. The molecular formula is C14H12ClNO4S. The van der Waals surface area contributed by atoms with Gasteiger partial charge in [0.2, 0.25) is 0 Å². The second kappa shape index (κ2) is 5.29. The zero-order valence-electron chi connectivity index (χ0n) is 10.8. The number of hydrogen-bond acceptors (Lipinski definition) is 4. The molecule has 5 nitrogen and oxygen atoms in total. The summed E-state index contributed by atoms with van der Waals surface area (Å²) in [5, 5.41) is 19.9. The Morgan fingerprint density at radius 1 is 1.33 bits per heavy atom. The highest BCUT2D eigenvalue weighted by atomic mass is 35.5. The number of fused-ring (bicyclic) bond motifs is 1. The monoisotopic (exact) mass is 325 g/mol. The maximum atomic E-state index is 12.6. The lowest BCUT2D eigenvalue weighted by molar-refractivity contribution is -0.141. The third-order valence-electron chi connectivity index (χ3n) is 3.55. The third-order valence-corrected chi connectivity index (χ3v) is 5.22. The van der Waals surface area contributed by atoms with Gasteiger partial charge in [-0.2, -0.15) is 0 Å². The molecule has 0 radical (unpaired) electrons. The van der Waals surface area contributed by atoms with Crippen molar-refractivity contribution in [3.8, 4) is 0 Å². The van der Waals surface area contributed by atoms with E-state index in [1.54, 1.807) is 0 Å². The Hall–Kier alpha value is -1.63. The van der Waals surface area contributed by atoms with Crippen molar-refractivity contribution in [3.05, 3.63) is 34.2 Å². The van der Waals surface area contributed by atoms with Gasteiger partial charge < -0.3 is 15.1 Å². The van der Waals surface area contributed by atoms with Crippen molar-refractivity contribution in [2.75, 3.05) is 6.54 Å². The molecule has 1 fully saturated rings. The first-order chi connectivity index (χ1) is 9.99. The highest BCUT2D eigenvalue weighted by molar-refractivity contribution is 7.21. The molecule has 1 aliphatic heterocycles. The number of likely N-dealkylation sites (tertiary alicyclic amines) is 1. The molecule has 0 saturated carbocycles. The Morgan fingerprint density at radius 3 is 2.71 bits per heavy atom. The van der Waals surface area contributed by atoms with Crippen molar-refractivity contribution in [1.82, 2.24) is 4.90 Å². The van der Waals surface area contributed by atoms with Gasteiger partial charge in [-0.05, 0) is 6.07 Å². The van der Waals surface area contributed by atoms with E-state index in [1.807, 2.05) is 24.3 Å². The number of carbonyl (C=O) groups is 2. The molecular weight excluding hydrogens is 314 g/mol. The van der Waals surface area contributed by atoms with Crippen molar-refractivity contribution in [3.63, 3.8) is 0 Å². The summed E-state index contributed by atoms with van der Waals surface area (Å²) < 4.78 is 0.873. The number of hydrogen-bond donors (Lipinski definition) is 2. The van der Waals surface area contributed by atoms with E-state index in [0.29, 0.717) is 9.90 Å². The average molecular weight is 326 g/mol. The van der Waals surface area contributed by atoms with E-state index in [0.717, 1.165) is 10.1 Å². The Labute approximate surface area is 129 Å². The number of thiophene rings is 1. The Balaban J connectivity index is 2.00. The topological polar surface area (TPSA) is 77.8 Å². The predicted octanol–water partition coefficient (Wildman–Crippen LogP) is 2.21. The van der Waals surface area contributed by atoms with Gasteiger partial charge in [0, 0.05) is 23.1 Å². The summed E-state index contributed by atoms with van der Waals surface area (Å²) >= 11 is 7.48. The van der Waals surface area contributed by atoms with Crippen LogP contribution >= 0.6 is 22.9 Å². The Morgan fingerprint density at radius 2 is 2.05 bits per heavy atom. The van der Waals surface area contributed by atoms with E-state index in [4.69, 9.17) is 11.6 Å². The van der Waals surface area contributed by atoms with Crippen molar-refractivity contribution in [2.24, 2.45) is 0 Å². The quantitative estimate of drug-likeness (QED) is 0.887. The Kier molecular flexibility index (Phi) is 3.61. The number of amides is 1. The SMILES string of the molecule is O=C(O)C1CC(O)CN1C(=O)c1sc2ccccc2c1Cl. The second-order valence-electron chi connectivity index (χ2n) is 4.94. The maximum Gasteiger partial charge on any atom is 0.326 e. The summed E-state index contributed by atoms with van der Waals surface area (Å²) in [6.45, 7) is 0.0143. The molecule has 2 atom stereocenters. The summed E-state index contributed by atoms with van der Waals surface area (Å²) in [4.78, 5) is 25.3. The van der Waals surface area contributed by atoms with Gasteiger partial charge >= 0.3 is 5.97 Å². The van der Waals surface area contributed by atoms with Gasteiger partial charge in [0.1, 0.15) is 10.9 Å². The molecule has 3 rings (SSSR count). The minimum Gasteiger partial charge on any atom is -0.480 e. The molecule has 0 aliphatic carbocycles. The second-order valence-corrected chi connectivity index (χ2v) is 6.37. The molecule has 0 bridgehead atoms. The maximum absolute atomic E-state index is 12.6. The summed E-state index contributed by atoms with van der Waals surface area (Å²) in [6.07, 6.45) is -0.771. The average Bonchev–Trinajstić information content (AvgIpc) is 3.00.